The van der Waals surface area contributed by atoms with E-state index in [1.807, 2.05) is 6.07 Å². The van der Waals surface area contributed by atoms with E-state index in [1.165, 1.54) is 0 Å². The standard InChI is InChI=1S/C14H15NO3/c1-17-14-7-11(15)6-5-10(14)9-18-13-4-2-3-12(16)8-13/h2-8,16H,9,15H2,1H3. The number of nitrogens with two attached hydrogens (primary N) is 1. The van der Waals surface area contributed by atoms with Gasteiger partial charge in [-0.05, 0) is 24.3 Å². The minimum atomic E-state index is 0.178. The maximum absolute atomic E-state index is 9.33. The van der Waals surface area contributed by atoms with Crippen LogP contribution in [0.25, 0.3) is 0 Å². The first kappa shape index (κ1) is 12.1. The van der Waals surface area contributed by atoms with Crippen LogP contribution in [0.5, 0.6) is 17.2 Å². The fourth-order valence-corrected chi connectivity index (χ4v) is 1.61. The molecule has 0 amide bonds. The van der Waals surface area contributed by atoms with Gasteiger partial charge in [-0.1, -0.05) is 6.07 Å². The van der Waals surface area contributed by atoms with Crippen LogP contribution in [0.4, 0.5) is 5.69 Å². The van der Waals surface area contributed by atoms with Gasteiger partial charge in [0.15, 0.2) is 0 Å². The lowest BCUT2D eigenvalue weighted by Gasteiger charge is -2.11. The van der Waals surface area contributed by atoms with Crippen LogP contribution in [0.2, 0.25) is 0 Å². The number of phenols is 1. The van der Waals surface area contributed by atoms with Gasteiger partial charge in [0.1, 0.15) is 23.9 Å². The maximum Gasteiger partial charge on any atom is 0.127 e. The number of nitrogen functional groups attached to an aromatic ring is 1. The van der Waals surface area contributed by atoms with Crippen molar-refractivity contribution in [1.82, 2.24) is 0 Å². The number of anilines is 1. The molecular formula is C14H15NO3. The third kappa shape index (κ3) is 2.85. The lowest BCUT2D eigenvalue weighted by atomic mass is 10.2. The van der Waals surface area contributed by atoms with Gasteiger partial charge in [0, 0.05) is 23.4 Å². The number of ether oxygens (including phenoxy) is 2. The largest absolute Gasteiger partial charge is 0.508 e. The van der Waals surface area contributed by atoms with E-state index < -0.39 is 0 Å². The third-order valence-electron chi connectivity index (χ3n) is 2.52. The minimum Gasteiger partial charge on any atom is -0.508 e. The molecule has 2 aromatic rings. The average molecular weight is 245 g/mol. The fourth-order valence-electron chi connectivity index (χ4n) is 1.61. The number of hydrogen-bond acceptors (Lipinski definition) is 4. The Kier molecular flexibility index (Phi) is 3.57. The molecule has 0 heterocycles. The summed E-state index contributed by atoms with van der Waals surface area (Å²) in [6.07, 6.45) is 0. The number of phenolic OH excluding ortho intramolecular Hbond substituents is 1. The summed E-state index contributed by atoms with van der Waals surface area (Å²) in [4.78, 5) is 0. The Labute approximate surface area is 106 Å². The van der Waals surface area contributed by atoms with Gasteiger partial charge in [-0.2, -0.15) is 0 Å². The van der Waals surface area contributed by atoms with E-state index >= 15 is 0 Å². The summed E-state index contributed by atoms with van der Waals surface area (Å²) >= 11 is 0. The molecule has 0 saturated heterocycles. The SMILES string of the molecule is COc1cc(N)ccc1COc1cccc(O)c1. The van der Waals surface area contributed by atoms with Crippen LogP contribution in [-0.2, 0) is 6.61 Å². The van der Waals surface area contributed by atoms with Crippen LogP contribution in [0.15, 0.2) is 42.5 Å². The molecule has 0 aromatic heterocycles. The highest BCUT2D eigenvalue weighted by atomic mass is 16.5. The molecule has 0 saturated carbocycles. The predicted octanol–water partition coefficient (Wildman–Crippen LogP) is 2.56. The molecule has 0 aliphatic heterocycles. The van der Waals surface area contributed by atoms with E-state index in [0.29, 0.717) is 23.8 Å². The zero-order valence-electron chi connectivity index (χ0n) is 10.1. The minimum absolute atomic E-state index is 0.178. The topological polar surface area (TPSA) is 64.7 Å². The summed E-state index contributed by atoms with van der Waals surface area (Å²) in [6.45, 7) is 0.354. The highest BCUT2D eigenvalue weighted by Crippen LogP contribution is 2.24. The molecule has 0 atom stereocenters. The monoisotopic (exact) mass is 245 g/mol. The van der Waals surface area contributed by atoms with Gasteiger partial charge < -0.3 is 20.3 Å². The first-order valence-corrected chi connectivity index (χ1v) is 5.53. The Morgan fingerprint density at radius 2 is 2.00 bits per heavy atom. The van der Waals surface area contributed by atoms with E-state index in [-0.39, 0.29) is 5.75 Å². The number of rotatable bonds is 4. The van der Waals surface area contributed by atoms with Crippen molar-refractivity contribution in [2.45, 2.75) is 6.61 Å². The van der Waals surface area contributed by atoms with Crippen molar-refractivity contribution in [3.63, 3.8) is 0 Å². The van der Waals surface area contributed by atoms with Crippen LogP contribution in [0, 0.1) is 0 Å². The van der Waals surface area contributed by atoms with Crippen molar-refractivity contribution in [1.29, 1.82) is 0 Å². The van der Waals surface area contributed by atoms with Crippen LogP contribution >= 0.6 is 0 Å². The van der Waals surface area contributed by atoms with Crippen molar-refractivity contribution < 1.29 is 14.6 Å². The van der Waals surface area contributed by atoms with Crippen LogP contribution in [0.1, 0.15) is 5.56 Å². The number of benzene rings is 2. The Morgan fingerprint density at radius 3 is 2.72 bits per heavy atom. The molecule has 0 fully saturated rings. The summed E-state index contributed by atoms with van der Waals surface area (Å²) < 4.78 is 10.8. The third-order valence-corrected chi connectivity index (χ3v) is 2.52. The fraction of sp³-hybridized carbons (Fsp3) is 0.143. The molecule has 0 bridgehead atoms. The first-order valence-electron chi connectivity index (χ1n) is 5.53. The highest BCUT2D eigenvalue weighted by molar-refractivity contribution is 5.48. The van der Waals surface area contributed by atoms with E-state index in [4.69, 9.17) is 15.2 Å². The molecule has 18 heavy (non-hydrogen) atoms. The molecule has 0 aliphatic rings. The van der Waals surface area contributed by atoms with Crippen molar-refractivity contribution in [2.24, 2.45) is 0 Å². The molecular weight excluding hydrogens is 230 g/mol. The van der Waals surface area contributed by atoms with Crippen molar-refractivity contribution >= 4 is 5.69 Å². The Morgan fingerprint density at radius 1 is 1.17 bits per heavy atom. The molecule has 0 spiro atoms. The zero-order valence-corrected chi connectivity index (χ0v) is 10.1. The molecule has 0 unspecified atom stereocenters. The summed E-state index contributed by atoms with van der Waals surface area (Å²) in [5.41, 5.74) is 7.22. The zero-order chi connectivity index (χ0) is 13.0. The van der Waals surface area contributed by atoms with Gasteiger partial charge in [-0.3, -0.25) is 0 Å². The van der Waals surface area contributed by atoms with Crippen molar-refractivity contribution in [3.05, 3.63) is 48.0 Å². The molecule has 4 nitrogen and oxygen atoms in total. The van der Waals surface area contributed by atoms with E-state index in [2.05, 4.69) is 0 Å². The molecule has 2 aromatic carbocycles. The van der Waals surface area contributed by atoms with Crippen LogP contribution in [0.3, 0.4) is 0 Å². The van der Waals surface area contributed by atoms with Crippen molar-refractivity contribution in [3.8, 4) is 17.2 Å². The Bertz CT molecular complexity index is 540. The Balaban J connectivity index is 2.10. The second kappa shape index (κ2) is 5.31. The number of methoxy groups -OCH3 is 1. The molecule has 2 rings (SSSR count). The van der Waals surface area contributed by atoms with Gasteiger partial charge in [-0.15, -0.1) is 0 Å². The van der Waals surface area contributed by atoms with E-state index in [1.54, 1.807) is 43.5 Å². The second-order valence-corrected chi connectivity index (χ2v) is 3.86. The maximum atomic E-state index is 9.33. The highest BCUT2D eigenvalue weighted by Gasteiger charge is 2.04. The smallest absolute Gasteiger partial charge is 0.127 e. The van der Waals surface area contributed by atoms with Gasteiger partial charge in [-0.25, -0.2) is 0 Å². The first-order chi connectivity index (χ1) is 8.69. The van der Waals surface area contributed by atoms with Gasteiger partial charge >= 0.3 is 0 Å². The average Bonchev–Trinajstić information content (AvgIpc) is 2.37. The summed E-state index contributed by atoms with van der Waals surface area (Å²) in [5, 5.41) is 9.33. The van der Waals surface area contributed by atoms with E-state index in [9.17, 15) is 5.11 Å². The Hall–Kier alpha value is -2.36. The normalized spacial score (nSPS) is 10.1. The molecule has 94 valence electrons. The van der Waals surface area contributed by atoms with E-state index in [0.717, 1.165) is 5.56 Å². The number of aromatic hydroxyl groups is 1. The quantitative estimate of drug-likeness (QED) is 0.812. The molecule has 0 radical (unpaired) electrons. The van der Waals surface area contributed by atoms with Gasteiger partial charge in [0.25, 0.3) is 0 Å². The lowest BCUT2D eigenvalue weighted by molar-refractivity contribution is 0.295. The van der Waals surface area contributed by atoms with Crippen LogP contribution < -0.4 is 15.2 Å². The number of hydrogen-bond donors (Lipinski definition) is 2. The van der Waals surface area contributed by atoms with Gasteiger partial charge in [0.2, 0.25) is 0 Å². The summed E-state index contributed by atoms with van der Waals surface area (Å²) in [6, 6.07) is 12.1. The molecule has 0 aliphatic carbocycles. The van der Waals surface area contributed by atoms with Gasteiger partial charge in [0.05, 0.1) is 7.11 Å². The van der Waals surface area contributed by atoms with Crippen molar-refractivity contribution in [2.75, 3.05) is 12.8 Å². The lowest BCUT2D eigenvalue weighted by Crippen LogP contribution is -1.99. The summed E-state index contributed by atoms with van der Waals surface area (Å²) in [5.74, 6) is 1.47. The molecule has 3 N–H and O–H groups in total. The van der Waals surface area contributed by atoms with Crippen LogP contribution in [-0.4, -0.2) is 12.2 Å². The summed E-state index contributed by atoms with van der Waals surface area (Å²) in [7, 11) is 1.59. The predicted molar refractivity (Wildman–Crippen MR) is 69.8 cm³/mol. The second-order valence-electron chi connectivity index (χ2n) is 3.86. The molecule has 4 heteroatoms.